The van der Waals surface area contributed by atoms with Gasteiger partial charge in [-0.2, -0.15) is 0 Å². The fourth-order valence-corrected chi connectivity index (χ4v) is 2.35. The summed E-state index contributed by atoms with van der Waals surface area (Å²) in [5.74, 6) is 1.35. The first kappa shape index (κ1) is 13.3. The van der Waals surface area contributed by atoms with Gasteiger partial charge in [-0.15, -0.1) is 0 Å². The Bertz CT molecular complexity index is 939. The molecule has 0 bridgehead atoms. The first-order valence-electron chi connectivity index (χ1n) is 7.25. The Morgan fingerprint density at radius 1 is 0.739 bits per heavy atom. The molecule has 0 unspecified atom stereocenters. The molecule has 110 valence electrons. The summed E-state index contributed by atoms with van der Waals surface area (Å²) >= 11 is 0. The first-order chi connectivity index (χ1) is 11.4. The molecule has 5 nitrogen and oxygen atoms in total. The number of para-hydroxylation sites is 1. The van der Waals surface area contributed by atoms with E-state index in [1.54, 1.807) is 18.6 Å². The van der Waals surface area contributed by atoms with E-state index < -0.39 is 0 Å². The topological polar surface area (TPSA) is 63.6 Å². The molecule has 5 heteroatoms. The van der Waals surface area contributed by atoms with Crippen molar-refractivity contribution in [2.24, 2.45) is 0 Å². The molecule has 1 N–H and O–H groups in total. The van der Waals surface area contributed by atoms with Gasteiger partial charge in [0.15, 0.2) is 5.82 Å². The highest BCUT2D eigenvalue weighted by Gasteiger charge is 2.10. The van der Waals surface area contributed by atoms with E-state index in [0.29, 0.717) is 5.82 Å². The van der Waals surface area contributed by atoms with Gasteiger partial charge in [0.2, 0.25) is 0 Å². The highest BCUT2D eigenvalue weighted by Crippen LogP contribution is 2.26. The van der Waals surface area contributed by atoms with E-state index in [2.05, 4.69) is 25.3 Å². The van der Waals surface area contributed by atoms with Crippen LogP contribution in [-0.2, 0) is 0 Å². The van der Waals surface area contributed by atoms with Crippen LogP contribution >= 0.6 is 0 Å². The van der Waals surface area contributed by atoms with E-state index in [-0.39, 0.29) is 0 Å². The summed E-state index contributed by atoms with van der Waals surface area (Å²) in [6.07, 6.45) is 5.22. The van der Waals surface area contributed by atoms with Crippen LogP contribution in [-0.4, -0.2) is 19.9 Å². The van der Waals surface area contributed by atoms with Gasteiger partial charge in [0.1, 0.15) is 11.5 Å². The number of aromatic nitrogens is 4. The van der Waals surface area contributed by atoms with Crippen molar-refractivity contribution in [2.45, 2.75) is 0 Å². The fraction of sp³-hybridized carbons (Fsp3) is 0. The molecule has 1 aromatic carbocycles. The van der Waals surface area contributed by atoms with Gasteiger partial charge in [-0.3, -0.25) is 9.97 Å². The van der Waals surface area contributed by atoms with Gasteiger partial charge in [0, 0.05) is 29.7 Å². The third-order valence-electron chi connectivity index (χ3n) is 3.44. The van der Waals surface area contributed by atoms with Crippen molar-refractivity contribution in [3.05, 3.63) is 73.2 Å². The van der Waals surface area contributed by atoms with Gasteiger partial charge in [0.05, 0.1) is 5.52 Å². The highest BCUT2D eigenvalue weighted by atomic mass is 15.0. The zero-order chi connectivity index (χ0) is 15.5. The van der Waals surface area contributed by atoms with E-state index in [1.807, 2.05) is 54.6 Å². The van der Waals surface area contributed by atoms with Crippen molar-refractivity contribution in [3.8, 4) is 11.5 Å². The minimum atomic E-state index is 0.598. The van der Waals surface area contributed by atoms with Crippen molar-refractivity contribution in [3.63, 3.8) is 0 Å². The molecular weight excluding hydrogens is 286 g/mol. The summed E-state index contributed by atoms with van der Waals surface area (Å²) < 4.78 is 0. The van der Waals surface area contributed by atoms with Crippen LogP contribution in [0.3, 0.4) is 0 Å². The van der Waals surface area contributed by atoms with Gasteiger partial charge >= 0.3 is 0 Å². The number of anilines is 2. The number of rotatable bonds is 3. The van der Waals surface area contributed by atoms with E-state index >= 15 is 0 Å². The summed E-state index contributed by atoms with van der Waals surface area (Å²) in [5, 5.41) is 4.30. The van der Waals surface area contributed by atoms with E-state index in [0.717, 1.165) is 28.1 Å². The maximum Gasteiger partial charge on any atom is 0.180 e. The summed E-state index contributed by atoms with van der Waals surface area (Å²) in [7, 11) is 0. The van der Waals surface area contributed by atoms with Crippen molar-refractivity contribution in [1.82, 2.24) is 19.9 Å². The molecule has 0 radical (unpaired) electrons. The first-order valence-corrected chi connectivity index (χ1v) is 7.25. The van der Waals surface area contributed by atoms with Crippen LogP contribution in [0.5, 0.6) is 0 Å². The third kappa shape index (κ3) is 2.72. The lowest BCUT2D eigenvalue weighted by Crippen LogP contribution is -2.00. The zero-order valence-electron chi connectivity index (χ0n) is 12.2. The molecule has 3 heterocycles. The number of benzene rings is 1. The number of hydrogen-bond donors (Lipinski definition) is 1. The average Bonchev–Trinajstić information content (AvgIpc) is 2.63. The van der Waals surface area contributed by atoms with E-state index in [9.17, 15) is 0 Å². The van der Waals surface area contributed by atoms with Gasteiger partial charge in [-0.1, -0.05) is 18.2 Å². The molecule has 0 saturated heterocycles. The Morgan fingerprint density at radius 2 is 1.57 bits per heavy atom. The van der Waals surface area contributed by atoms with E-state index in [1.165, 1.54) is 0 Å². The normalized spacial score (nSPS) is 10.6. The molecule has 0 spiro atoms. The van der Waals surface area contributed by atoms with Crippen LogP contribution in [0.25, 0.3) is 22.4 Å². The molecule has 4 aromatic rings. The number of hydrogen-bond acceptors (Lipinski definition) is 5. The second kappa shape index (κ2) is 5.81. The lowest BCUT2D eigenvalue weighted by molar-refractivity contribution is 1.17. The number of pyridine rings is 2. The lowest BCUT2D eigenvalue weighted by atomic mass is 10.2. The number of nitrogens with one attached hydrogen (secondary N) is 1. The Kier molecular flexibility index (Phi) is 3.37. The standard InChI is InChI=1S/C18H13N5/c1-2-6-15-14(5-1)17(21-13-8-11-19-12-9-13)23-18(22-15)16-7-3-4-10-20-16/h1-12H,(H,19,21,22,23). The second-order valence-electron chi connectivity index (χ2n) is 4.99. The second-order valence-corrected chi connectivity index (χ2v) is 4.99. The SMILES string of the molecule is c1ccc(-c2nc(Nc3ccncc3)c3ccccc3n2)nc1. The largest absolute Gasteiger partial charge is 0.340 e. The van der Waals surface area contributed by atoms with Crippen molar-refractivity contribution in [1.29, 1.82) is 0 Å². The quantitative estimate of drug-likeness (QED) is 0.623. The minimum absolute atomic E-state index is 0.598. The maximum absolute atomic E-state index is 4.66. The third-order valence-corrected chi connectivity index (χ3v) is 3.44. The van der Waals surface area contributed by atoms with Gasteiger partial charge in [-0.05, 0) is 36.4 Å². The molecule has 0 aliphatic carbocycles. The van der Waals surface area contributed by atoms with Crippen LogP contribution in [0.2, 0.25) is 0 Å². The van der Waals surface area contributed by atoms with Crippen molar-refractivity contribution >= 4 is 22.4 Å². The molecular formula is C18H13N5. The Hall–Kier alpha value is -3.34. The predicted molar refractivity (Wildman–Crippen MR) is 90.3 cm³/mol. The maximum atomic E-state index is 4.66. The van der Waals surface area contributed by atoms with Crippen LogP contribution in [0.15, 0.2) is 73.2 Å². The molecule has 0 saturated carbocycles. The summed E-state index contributed by atoms with van der Waals surface area (Å²) in [5.41, 5.74) is 2.55. The average molecular weight is 299 g/mol. The van der Waals surface area contributed by atoms with Crippen LogP contribution < -0.4 is 5.32 Å². The highest BCUT2D eigenvalue weighted by molar-refractivity contribution is 5.92. The number of fused-ring (bicyclic) bond motifs is 1. The van der Waals surface area contributed by atoms with Crippen molar-refractivity contribution < 1.29 is 0 Å². The van der Waals surface area contributed by atoms with E-state index in [4.69, 9.17) is 0 Å². The van der Waals surface area contributed by atoms with Crippen molar-refractivity contribution in [2.75, 3.05) is 5.32 Å². The van der Waals surface area contributed by atoms with Crippen LogP contribution in [0.1, 0.15) is 0 Å². The predicted octanol–water partition coefficient (Wildman–Crippen LogP) is 3.83. The number of nitrogens with zero attached hydrogens (tertiary/aromatic N) is 4. The monoisotopic (exact) mass is 299 g/mol. The van der Waals surface area contributed by atoms with Crippen LogP contribution in [0.4, 0.5) is 11.5 Å². The summed E-state index contributed by atoms with van der Waals surface area (Å²) in [6, 6.07) is 17.4. The van der Waals surface area contributed by atoms with Gasteiger partial charge in [0.25, 0.3) is 0 Å². The summed E-state index contributed by atoms with van der Waals surface area (Å²) in [4.78, 5) is 17.7. The Balaban J connectivity index is 1.87. The zero-order valence-corrected chi connectivity index (χ0v) is 12.2. The molecule has 0 aliphatic rings. The molecule has 0 fully saturated rings. The summed E-state index contributed by atoms with van der Waals surface area (Å²) in [6.45, 7) is 0. The molecule has 0 amide bonds. The van der Waals surface area contributed by atoms with Crippen LogP contribution in [0, 0.1) is 0 Å². The molecule has 3 aromatic heterocycles. The minimum Gasteiger partial charge on any atom is -0.340 e. The molecule has 23 heavy (non-hydrogen) atoms. The Morgan fingerprint density at radius 3 is 2.39 bits per heavy atom. The molecule has 0 aliphatic heterocycles. The smallest absolute Gasteiger partial charge is 0.180 e. The lowest BCUT2D eigenvalue weighted by Gasteiger charge is -2.10. The van der Waals surface area contributed by atoms with Gasteiger partial charge < -0.3 is 5.32 Å². The van der Waals surface area contributed by atoms with Gasteiger partial charge in [-0.25, -0.2) is 9.97 Å². The molecule has 0 atom stereocenters. The molecule has 4 rings (SSSR count). The fourth-order valence-electron chi connectivity index (χ4n) is 2.35. The Labute approximate surface area is 133 Å².